The van der Waals surface area contributed by atoms with Crippen LogP contribution in [0.3, 0.4) is 0 Å². The van der Waals surface area contributed by atoms with Gasteiger partial charge in [-0.15, -0.1) is 22.7 Å². The molecule has 2 aromatic rings. The monoisotopic (exact) mass is 321 g/mol. The van der Waals surface area contributed by atoms with Crippen LogP contribution in [-0.4, -0.2) is 6.54 Å². The Labute approximate surface area is 137 Å². The number of hydrogen-bond donors (Lipinski definition) is 1. The summed E-state index contributed by atoms with van der Waals surface area (Å²) in [6.45, 7) is 9.12. The third-order valence-electron chi connectivity index (χ3n) is 3.82. The number of hydrogen-bond acceptors (Lipinski definition) is 3. The van der Waals surface area contributed by atoms with Crippen LogP contribution in [0, 0.1) is 5.41 Å². The van der Waals surface area contributed by atoms with E-state index in [1.54, 1.807) is 0 Å². The highest BCUT2D eigenvalue weighted by Gasteiger charge is 2.16. The summed E-state index contributed by atoms with van der Waals surface area (Å²) in [6.07, 6.45) is 5.34. The van der Waals surface area contributed by atoms with Crippen LogP contribution in [0.1, 0.15) is 51.3 Å². The molecule has 0 unspecified atom stereocenters. The number of rotatable bonds is 9. The first kappa shape index (κ1) is 16.7. The molecule has 0 saturated carbocycles. The maximum absolute atomic E-state index is 3.64. The molecule has 2 rings (SSSR count). The minimum Gasteiger partial charge on any atom is -0.311 e. The lowest BCUT2D eigenvalue weighted by molar-refractivity contribution is 0.302. The summed E-state index contributed by atoms with van der Waals surface area (Å²) in [5.41, 5.74) is 1.78. The van der Waals surface area contributed by atoms with Crippen LogP contribution in [0.5, 0.6) is 0 Å². The molecule has 0 aliphatic heterocycles. The predicted octanol–water partition coefficient (Wildman–Crippen LogP) is 6.17. The smallest absolute Gasteiger partial charge is 0.0351 e. The molecule has 1 nitrogen and oxygen atoms in total. The summed E-state index contributed by atoms with van der Waals surface area (Å²) in [5.74, 6) is 0. The van der Waals surface area contributed by atoms with Gasteiger partial charge in [0.25, 0.3) is 0 Å². The van der Waals surface area contributed by atoms with Gasteiger partial charge >= 0.3 is 0 Å². The first-order chi connectivity index (χ1) is 10.1. The zero-order chi connectivity index (χ0) is 15.1. The molecule has 0 amide bonds. The van der Waals surface area contributed by atoms with Gasteiger partial charge in [-0.3, -0.25) is 0 Å². The fourth-order valence-electron chi connectivity index (χ4n) is 2.51. The summed E-state index contributed by atoms with van der Waals surface area (Å²) in [5, 5.41) is 8.06. The topological polar surface area (TPSA) is 12.0 Å². The van der Waals surface area contributed by atoms with Crippen molar-refractivity contribution in [3.63, 3.8) is 0 Å². The second kappa shape index (κ2) is 8.11. The highest BCUT2D eigenvalue weighted by molar-refractivity contribution is 7.14. The highest BCUT2D eigenvalue weighted by atomic mass is 32.1. The number of nitrogens with one attached hydrogen (secondary N) is 1. The molecule has 2 heterocycles. The predicted molar refractivity (Wildman–Crippen MR) is 97.3 cm³/mol. The van der Waals surface area contributed by atoms with Gasteiger partial charge in [-0.25, -0.2) is 0 Å². The van der Waals surface area contributed by atoms with E-state index in [0.717, 1.165) is 13.1 Å². The van der Waals surface area contributed by atoms with Crippen LogP contribution in [0.25, 0.3) is 10.4 Å². The molecule has 0 aliphatic carbocycles. The summed E-state index contributed by atoms with van der Waals surface area (Å²) in [6, 6.07) is 6.64. The highest BCUT2D eigenvalue weighted by Crippen LogP contribution is 2.29. The first-order valence-electron chi connectivity index (χ1n) is 7.93. The van der Waals surface area contributed by atoms with Crippen molar-refractivity contribution < 1.29 is 0 Å². The van der Waals surface area contributed by atoms with Gasteiger partial charge in [0.05, 0.1) is 0 Å². The van der Waals surface area contributed by atoms with E-state index in [2.05, 4.69) is 55.0 Å². The fourth-order valence-corrected chi connectivity index (χ4v) is 4.15. The Morgan fingerprint density at radius 1 is 1.19 bits per heavy atom. The maximum Gasteiger partial charge on any atom is 0.0351 e. The van der Waals surface area contributed by atoms with E-state index < -0.39 is 0 Å². The normalized spacial score (nSPS) is 12.0. The van der Waals surface area contributed by atoms with Gasteiger partial charge in [0, 0.05) is 28.4 Å². The molecule has 0 radical (unpaired) electrons. The van der Waals surface area contributed by atoms with Crippen molar-refractivity contribution in [1.29, 1.82) is 0 Å². The van der Waals surface area contributed by atoms with Crippen LogP contribution in [-0.2, 0) is 6.54 Å². The van der Waals surface area contributed by atoms with Gasteiger partial charge in [0.1, 0.15) is 0 Å². The van der Waals surface area contributed by atoms with Crippen molar-refractivity contribution in [2.45, 2.75) is 53.0 Å². The Hall–Kier alpha value is -0.640. The molecular weight excluding hydrogens is 294 g/mol. The molecule has 2 aromatic heterocycles. The number of unbranched alkanes of at least 4 members (excludes halogenated alkanes) is 2. The minimum atomic E-state index is 0.406. The van der Waals surface area contributed by atoms with Crippen LogP contribution in [0.2, 0.25) is 0 Å². The Kier molecular flexibility index (Phi) is 6.46. The Bertz CT molecular complexity index is 511. The summed E-state index contributed by atoms with van der Waals surface area (Å²) < 4.78 is 0. The lowest BCUT2D eigenvalue weighted by atomic mass is 9.87. The summed E-state index contributed by atoms with van der Waals surface area (Å²) in [4.78, 5) is 2.81. The quantitative estimate of drug-likeness (QED) is 0.544. The Morgan fingerprint density at radius 3 is 2.76 bits per heavy atom. The zero-order valence-electron chi connectivity index (χ0n) is 13.4. The molecule has 0 bridgehead atoms. The van der Waals surface area contributed by atoms with Crippen molar-refractivity contribution in [2.75, 3.05) is 6.54 Å². The van der Waals surface area contributed by atoms with E-state index in [-0.39, 0.29) is 0 Å². The lowest BCUT2D eigenvalue weighted by Gasteiger charge is -2.25. The average molecular weight is 322 g/mol. The van der Waals surface area contributed by atoms with Crippen LogP contribution >= 0.6 is 22.7 Å². The van der Waals surface area contributed by atoms with Crippen LogP contribution in [0.4, 0.5) is 0 Å². The van der Waals surface area contributed by atoms with Gasteiger partial charge in [0.15, 0.2) is 0 Å². The second-order valence-electron chi connectivity index (χ2n) is 6.50. The van der Waals surface area contributed by atoms with Gasteiger partial charge in [0.2, 0.25) is 0 Å². The standard InChI is InChI=1S/C18H27NS2/c1-4-5-6-9-18(2,3)14-19-12-16-11-15(13-21-16)17-8-7-10-20-17/h7-8,10-11,13,19H,4-6,9,12,14H2,1-3H3. The van der Waals surface area contributed by atoms with E-state index in [4.69, 9.17) is 0 Å². The summed E-state index contributed by atoms with van der Waals surface area (Å²) in [7, 11) is 0. The Balaban J connectivity index is 1.76. The minimum absolute atomic E-state index is 0.406. The van der Waals surface area contributed by atoms with E-state index in [9.17, 15) is 0 Å². The van der Waals surface area contributed by atoms with Gasteiger partial charge < -0.3 is 5.32 Å². The molecule has 0 aromatic carbocycles. The van der Waals surface area contributed by atoms with Crippen molar-refractivity contribution in [3.05, 3.63) is 33.8 Å². The first-order valence-corrected chi connectivity index (χ1v) is 9.69. The molecule has 0 aliphatic rings. The molecule has 21 heavy (non-hydrogen) atoms. The van der Waals surface area contributed by atoms with Gasteiger partial charge in [-0.05, 0) is 34.7 Å². The molecule has 0 atom stereocenters. The molecule has 0 saturated heterocycles. The van der Waals surface area contributed by atoms with Crippen LogP contribution in [0.15, 0.2) is 29.0 Å². The third kappa shape index (κ3) is 5.57. The molecule has 0 spiro atoms. The average Bonchev–Trinajstić information content (AvgIpc) is 3.09. The molecule has 1 N–H and O–H groups in total. The van der Waals surface area contributed by atoms with Crippen molar-refractivity contribution in [1.82, 2.24) is 5.32 Å². The van der Waals surface area contributed by atoms with E-state index in [1.807, 2.05) is 22.7 Å². The third-order valence-corrected chi connectivity index (χ3v) is 5.68. The van der Waals surface area contributed by atoms with Crippen LogP contribution < -0.4 is 5.32 Å². The van der Waals surface area contributed by atoms with Crippen molar-refractivity contribution in [3.8, 4) is 10.4 Å². The van der Waals surface area contributed by atoms with E-state index >= 15 is 0 Å². The van der Waals surface area contributed by atoms with Crippen molar-refractivity contribution in [2.24, 2.45) is 5.41 Å². The molecule has 3 heteroatoms. The lowest BCUT2D eigenvalue weighted by Crippen LogP contribution is -2.28. The molecule has 0 fully saturated rings. The zero-order valence-corrected chi connectivity index (χ0v) is 15.1. The summed E-state index contributed by atoms with van der Waals surface area (Å²) >= 11 is 3.68. The largest absolute Gasteiger partial charge is 0.311 e. The molecular formula is C18H27NS2. The Morgan fingerprint density at radius 2 is 2.05 bits per heavy atom. The number of thiophene rings is 2. The SMILES string of the molecule is CCCCCC(C)(C)CNCc1cc(-c2cccs2)cs1. The van der Waals surface area contributed by atoms with E-state index in [1.165, 1.54) is 41.0 Å². The van der Waals surface area contributed by atoms with Gasteiger partial charge in [-0.1, -0.05) is 46.1 Å². The van der Waals surface area contributed by atoms with Crippen molar-refractivity contribution >= 4 is 22.7 Å². The van der Waals surface area contributed by atoms with Gasteiger partial charge in [-0.2, -0.15) is 0 Å². The maximum atomic E-state index is 3.64. The molecule has 116 valence electrons. The fraction of sp³-hybridized carbons (Fsp3) is 0.556. The second-order valence-corrected chi connectivity index (χ2v) is 8.45. The van der Waals surface area contributed by atoms with E-state index in [0.29, 0.717) is 5.41 Å².